The first-order valence-electron chi connectivity index (χ1n) is 49.7. The number of amides is 21. The normalized spacial score (nSPS) is 15.3. The lowest BCUT2D eigenvalue weighted by atomic mass is 9.94. The fraction of sp³-hybridized carbons (Fsp3) is 0.755. The predicted octanol–water partition coefficient (Wildman–Crippen LogP) is -0.767. The van der Waals surface area contributed by atoms with E-state index in [0.717, 1.165) is 25.7 Å². The van der Waals surface area contributed by atoms with Gasteiger partial charge < -0.3 is 127 Å². The van der Waals surface area contributed by atoms with Crippen LogP contribution in [0.15, 0.2) is 0 Å². The van der Waals surface area contributed by atoms with Crippen LogP contribution in [-0.2, 0) is 110 Å². The van der Waals surface area contributed by atoms with Crippen LogP contribution in [0.25, 0.3) is 0 Å². The second-order valence-corrected chi connectivity index (χ2v) is 44.9. The summed E-state index contributed by atoms with van der Waals surface area (Å²) >= 11 is 0. The van der Waals surface area contributed by atoms with Crippen molar-refractivity contribution in [3.05, 3.63) is 0 Å². The lowest BCUT2D eigenvalue weighted by Gasteiger charge is -2.37. The number of carbonyl (C=O) groups is 23. The Bertz CT molecular complexity index is 4780. The molecule has 0 aliphatic carbocycles. The molecule has 0 bridgehead atoms. The first kappa shape index (κ1) is 131. The Kier molecular flexibility index (Phi) is 48.6. The van der Waals surface area contributed by atoms with Gasteiger partial charge >= 0.3 is 5.97 Å². The van der Waals surface area contributed by atoms with Crippen molar-refractivity contribution in [2.24, 2.45) is 17.6 Å². The van der Waals surface area contributed by atoms with Crippen molar-refractivity contribution in [1.29, 1.82) is 5.41 Å². The molecule has 1 aliphatic heterocycles. The molecule has 48 nitrogen and oxygen atoms in total. The SMILES string of the molecule is CCCCCCCCCCCC(=O)[C@H](C)C(=O)N1CCC[C@@H]1C(=O)NC(C)(C)C(=O)NC(C)(C)C(=O)NC(C)(C)C(=O)NC(C)(C)C(=O)N[C@@H](C)C(=O)N[C@@H](C)C(=O)NC(C)(C)C(=O)N[C@H](CC(C)C)C(=O)N[C@H](C)C(=O)NC(C)(C)C(=O)N[C@@H](C)C(=O)N[C@H](C)C(=O)NC(C)(C)C(=O)N[C@@H](CCCNC(=N)N)C(=O)NC(C)(C)C(=O)NC(C)(C)C(=O)NC(C)(C)C(=O)NC(C)(C)C(=O)NC(C)(C)C(=O)N[C@@H](C)C(=O)O. The maximum absolute atomic E-state index is 14.2. The molecule has 0 spiro atoms. The number of rotatable bonds is 59. The van der Waals surface area contributed by atoms with Crippen LogP contribution in [0.1, 0.15) is 332 Å². The maximum atomic E-state index is 14.2. The molecule has 0 saturated carbocycles. The Morgan fingerprint density at radius 2 is 0.582 bits per heavy atom. The highest BCUT2D eigenvalue weighted by molar-refractivity contribution is 6.07. The zero-order valence-corrected chi connectivity index (χ0v) is 92.2. The van der Waals surface area contributed by atoms with E-state index < -0.39 is 263 Å². The number of nitrogens with two attached hydrogens (primary N) is 1. The number of carbonyl (C=O) groups excluding carboxylic acids is 22. The van der Waals surface area contributed by atoms with Crippen molar-refractivity contribution in [2.75, 3.05) is 13.1 Å². The molecule has 0 aromatic carbocycles. The van der Waals surface area contributed by atoms with Crippen LogP contribution in [0.4, 0.5) is 0 Å². The Morgan fingerprint density at radius 1 is 0.315 bits per heavy atom. The van der Waals surface area contributed by atoms with E-state index in [2.05, 4.69) is 119 Å². The van der Waals surface area contributed by atoms with Gasteiger partial charge in [0.15, 0.2) is 5.96 Å². The van der Waals surface area contributed by atoms with Gasteiger partial charge in [0.25, 0.3) is 0 Å². The van der Waals surface area contributed by atoms with E-state index in [0.29, 0.717) is 19.3 Å². The van der Waals surface area contributed by atoms with Gasteiger partial charge in [-0.2, -0.15) is 0 Å². The Labute approximate surface area is 858 Å². The third kappa shape index (κ3) is 41.7. The fourth-order valence-electron chi connectivity index (χ4n) is 14.0. The summed E-state index contributed by atoms with van der Waals surface area (Å²) in [6.45, 7) is 46.7. The molecule has 0 unspecified atom stereocenters. The van der Waals surface area contributed by atoms with E-state index in [-0.39, 0.29) is 50.5 Å². The average molecular weight is 2070 g/mol. The van der Waals surface area contributed by atoms with Gasteiger partial charge in [0.05, 0.1) is 5.92 Å². The lowest BCUT2D eigenvalue weighted by Crippen LogP contribution is -2.69. The third-order valence-corrected chi connectivity index (χ3v) is 24.6. The number of likely N-dealkylation sites (tertiary alicyclic amines) is 1. The molecule has 48 heteroatoms. The van der Waals surface area contributed by atoms with E-state index in [1.807, 2.05) is 0 Å². The van der Waals surface area contributed by atoms with Crippen molar-refractivity contribution in [1.82, 2.24) is 117 Å². The van der Waals surface area contributed by atoms with Crippen molar-refractivity contribution < 1.29 is 115 Å². The number of unbranched alkanes of at least 4 members (excludes halogenated alkanes) is 8. The van der Waals surface area contributed by atoms with Crippen molar-refractivity contribution in [3.8, 4) is 0 Å². The molecule has 25 N–H and O–H groups in total. The molecule has 21 amide bonds. The zero-order valence-electron chi connectivity index (χ0n) is 92.2. The summed E-state index contributed by atoms with van der Waals surface area (Å²) in [5.74, 6) is -21.1. The molecule has 146 heavy (non-hydrogen) atoms. The second kappa shape index (κ2) is 54.1. The molecule has 1 rings (SSSR count). The van der Waals surface area contributed by atoms with Gasteiger partial charge in [0, 0.05) is 19.5 Å². The van der Waals surface area contributed by atoms with Gasteiger partial charge in [0.1, 0.15) is 127 Å². The quantitative estimate of drug-likeness (QED) is 0.0154. The van der Waals surface area contributed by atoms with Crippen LogP contribution in [0.3, 0.4) is 0 Å². The number of guanidine groups is 1. The van der Waals surface area contributed by atoms with E-state index in [1.54, 1.807) is 20.8 Å². The van der Waals surface area contributed by atoms with Crippen LogP contribution in [-0.4, -0.2) is 286 Å². The topological polar surface area (TPSA) is 719 Å². The van der Waals surface area contributed by atoms with Gasteiger partial charge in [-0.25, -0.2) is 0 Å². The molecule has 0 aromatic rings. The predicted molar refractivity (Wildman–Crippen MR) is 543 cm³/mol. The minimum Gasteiger partial charge on any atom is -0.480 e. The molecule has 828 valence electrons. The molecule has 0 aromatic heterocycles. The molecule has 10 atom stereocenters. The number of aliphatic carboxylic acids is 1. The van der Waals surface area contributed by atoms with Gasteiger partial charge in [-0.3, -0.25) is 116 Å². The summed E-state index contributed by atoms with van der Waals surface area (Å²) in [6.07, 6.45) is 10.6. The van der Waals surface area contributed by atoms with Gasteiger partial charge in [0.2, 0.25) is 124 Å². The van der Waals surface area contributed by atoms with Gasteiger partial charge in [-0.1, -0.05) is 72.1 Å². The number of hydrogen-bond donors (Lipinski definition) is 24. The molecule has 1 fully saturated rings. The van der Waals surface area contributed by atoms with E-state index in [4.69, 9.17) is 11.1 Å². The molecule has 1 heterocycles. The van der Waals surface area contributed by atoms with Crippen LogP contribution in [0, 0.1) is 17.2 Å². The highest BCUT2D eigenvalue weighted by Crippen LogP contribution is 2.26. The van der Waals surface area contributed by atoms with Crippen molar-refractivity contribution in [3.63, 3.8) is 0 Å². The summed E-state index contributed by atoms with van der Waals surface area (Å²) in [7, 11) is 0. The molecule has 1 saturated heterocycles. The van der Waals surface area contributed by atoms with E-state index >= 15 is 0 Å². The van der Waals surface area contributed by atoms with Crippen LogP contribution in [0.2, 0.25) is 0 Å². The maximum Gasteiger partial charge on any atom is 0.325 e. The number of carboxylic acid groups (broad SMARTS) is 1. The van der Waals surface area contributed by atoms with Crippen LogP contribution >= 0.6 is 0 Å². The zero-order chi connectivity index (χ0) is 114. The Hall–Kier alpha value is -12.7. The molecule has 0 radical (unpaired) electrons. The largest absolute Gasteiger partial charge is 0.480 e. The number of hydrogen-bond acceptors (Lipinski definition) is 24. The lowest BCUT2D eigenvalue weighted by molar-refractivity contribution is -0.146. The summed E-state index contributed by atoms with van der Waals surface area (Å²) in [4.78, 5) is 315. The Morgan fingerprint density at radius 3 is 0.904 bits per heavy atom. The summed E-state index contributed by atoms with van der Waals surface area (Å²) in [6, 6.07) is -12.0. The highest BCUT2D eigenvalue weighted by Gasteiger charge is 2.50. The monoisotopic (exact) mass is 2070 g/mol. The number of nitrogens with one attached hydrogen (secondary N) is 22. The highest BCUT2D eigenvalue weighted by atomic mass is 16.4. The number of nitrogens with zero attached hydrogens (tertiary/aromatic N) is 1. The van der Waals surface area contributed by atoms with E-state index in [9.17, 15) is 115 Å². The molecule has 1 aliphatic rings. The van der Waals surface area contributed by atoms with E-state index in [1.165, 1.54) is 238 Å². The van der Waals surface area contributed by atoms with Crippen LogP contribution in [0.5, 0.6) is 0 Å². The third-order valence-electron chi connectivity index (χ3n) is 24.6. The first-order chi connectivity index (χ1) is 66.2. The van der Waals surface area contributed by atoms with Crippen LogP contribution < -0.4 is 117 Å². The standard InChI is InChI=1S/C98H172N24O24/c1-35-36-37-38-39-40-41-42-43-48-63(123)53(4)72(132)122-50-45-47-62(122)71(131)114-93(23,24)80(141)118-97(31,32)84(145)119-94(25,26)81(142)115-90(17,18)75(136)106-55(6)65(125)103-57(8)67(127)112-89(15,16)78(139)109-61(51-52(2)3)69(129)104-58(9)68(128)110-87(11,12)74(135)105-54(5)64(124)102-56(7)66(126)111-88(13,14)77(138)108-60(46-44-49-101-86(99)100)70(130)113-92(21,22)79(140)117-96(29,30)83(144)121-98(33,34)85(146)120-95(27,28)82(143)116-91(19,20)76(137)107-59(10)73(133)134/h52-62H,35-51H2,1-34H3,(H,102,124)(H,103,125)(H,104,129)(H,105,135)(H,106,136)(H,107,137)(H,108,138)(H,109,139)(H,110,128)(H,111,126)(H,112,127)(H,113,130)(H,114,131)(H,115,142)(H,116,143)(H,117,140)(H,118,141)(H,119,145)(H,120,146)(H,121,144)(H,133,134)(H4,99,100,101)/t53-,54-,55-,56+,57-,58+,59-,60-,61+,62+/m0/s1. The smallest absolute Gasteiger partial charge is 0.325 e. The summed E-state index contributed by atoms with van der Waals surface area (Å²) in [5.41, 5.74) is -15.8. The van der Waals surface area contributed by atoms with Crippen molar-refractivity contribution >= 4 is 142 Å². The minimum absolute atomic E-state index is 0.00135. The minimum atomic E-state index is -1.86. The number of ketones is 1. The molecular weight excluding hydrogens is 1900 g/mol. The number of carboxylic acids is 1. The first-order valence-corrected chi connectivity index (χ1v) is 49.7. The fourth-order valence-corrected chi connectivity index (χ4v) is 14.0. The number of Topliss-reactive ketones (excluding diaryl/α,β-unsaturated/α-hetero) is 1. The summed E-state index contributed by atoms with van der Waals surface area (Å²) < 4.78 is 0. The molecular formula is C98H172N24O24. The summed E-state index contributed by atoms with van der Waals surface area (Å²) in [5, 5.41) is 69.8. The average Bonchev–Trinajstić information content (AvgIpc) is 1.54. The van der Waals surface area contributed by atoms with Crippen molar-refractivity contribution in [2.45, 2.75) is 453 Å². The Balaban J connectivity index is 3.03. The van der Waals surface area contributed by atoms with Gasteiger partial charge in [-0.05, 0) is 259 Å². The van der Waals surface area contributed by atoms with Gasteiger partial charge in [-0.15, -0.1) is 0 Å². The second-order valence-electron chi connectivity index (χ2n) is 44.9.